The topological polar surface area (TPSA) is 196 Å². The molecule has 3 atom stereocenters. The van der Waals surface area contributed by atoms with E-state index in [0.29, 0.717) is 28.8 Å². The second-order valence-corrected chi connectivity index (χ2v) is 19.1. The Balaban J connectivity index is 0.000000143. The van der Waals surface area contributed by atoms with Crippen molar-refractivity contribution in [3.63, 3.8) is 0 Å². The molecule has 3 unspecified atom stereocenters. The summed E-state index contributed by atoms with van der Waals surface area (Å²) in [6.45, 7) is 5.63. The zero-order valence-corrected chi connectivity index (χ0v) is 43.4. The van der Waals surface area contributed by atoms with E-state index in [9.17, 15) is 28.8 Å². The lowest BCUT2D eigenvalue weighted by molar-refractivity contribution is -0.122. The first-order valence-electron chi connectivity index (χ1n) is 25.0. The average Bonchev–Trinajstić information content (AvgIpc) is 4.04. The molecule has 11 rings (SSSR count). The van der Waals surface area contributed by atoms with Crippen molar-refractivity contribution < 1.29 is 43.4 Å². The number of ketones is 1. The van der Waals surface area contributed by atoms with Gasteiger partial charge in [0.2, 0.25) is 0 Å². The number of Topliss-reactive ketones (excluding diaryl/α,β-unsaturated/α-hetero) is 1. The standard InChI is InChI=1S/C23H20N2O3.C22H19N3O3.C18H17NO3/c1-23(24-17-14-12-16(13-15-17)21(26)28-2)19-10-6-7-11-20(19)25(22(23)27)18-8-4-3-5-9-18;1-22(23-16-13-11-15(12-14-16)20(26)24-28)18-9-5-6-10-19(18)25(21(22)27)17-7-3-2-4-8-17;1-18(15-6-4-3-5-13(15)11-16(18)20)19-14-9-7-12(8-10-14)17(21)22-2/h3-15,24H,1-2H3;2-14,23,28H,1H3,(H,24,26);3-10,19H,11H2,1-2H3. The van der Waals surface area contributed by atoms with Crippen LogP contribution in [-0.2, 0) is 46.9 Å². The summed E-state index contributed by atoms with van der Waals surface area (Å²) in [6.07, 6.45) is 0.444. The predicted molar refractivity (Wildman–Crippen MR) is 299 cm³/mol. The van der Waals surface area contributed by atoms with Gasteiger partial charge in [-0.15, -0.1) is 0 Å². The highest BCUT2D eigenvalue weighted by atomic mass is 16.5. The van der Waals surface area contributed by atoms with Gasteiger partial charge in [-0.2, -0.15) is 0 Å². The van der Waals surface area contributed by atoms with Gasteiger partial charge in [0.05, 0.1) is 36.7 Å². The minimum absolute atomic E-state index is 0.0584. The Hall–Kier alpha value is -9.86. The van der Waals surface area contributed by atoms with Crippen molar-refractivity contribution in [3.05, 3.63) is 245 Å². The third kappa shape index (κ3) is 10.2. The smallest absolute Gasteiger partial charge is 0.337 e. The normalized spacial score (nSPS) is 18.4. The maximum atomic E-state index is 13.5. The summed E-state index contributed by atoms with van der Waals surface area (Å²) < 4.78 is 9.42. The summed E-state index contributed by atoms with van der Waals surface area (Å²) in [7, 11) is 2.70. The number of hydrogen-bond donors (Lipinski definition) is 5. The van der Waals surface area contributed by atoms with Gasteiger partial charge < -0.3 is 25.4 Å². The molecule has 3 amide bonds. The van der Waals surface area contributed by atoms with E-state index >= 15 is 0 Å². The number of hydrogen-bond acceptors (Lipinski definition) is 12. The van der Waals surface area contributed by atoms with Gasteiger partial charge in [-0.05, 0) is 141 Å². The molecule has 15 nitrogen and oxygen atoms in total. The fourth-order valence-corrected chi connectivity index (χ4v) is 10.0. The maximum Gasteiger partial charge on any atom is 0.337 e. The van der Waals surface area contributed by atoms with E-state index in [1.807, 2.05) is 154 Å². The van der Waals surface area contributed by atoms with Crippen LogP contribution in [0.2, 0.25) is 0 Å². The van der Waals surface area contributed by atoms with Crippen LogP contribution in [0.5, 0.6) is 0 Å². The molecule has 3 aliphatic rings. The van der Waals surface area contributed by atoms with Crippen LogP contribution < -0.4 is 31.2 Å². The SMILES string of the molecule is CC1(Nc2ccc(C(=O)NO)cc2)C(=O)N(c2ccccc2)c2ccccc21.COC(=O)c1ccc(NC2(C)C(=O)Cc3ccccc32)cc1.COC(=O)c1ccc(NC2(C)C(=O)N(c3ccccc3)c3ccccc32)cc1. The van der Waals surface area contributed by atoms with Crippen molar-refractivity contribution >= 4 is 75.3 Å². The van der Waals surface area contributed by atoms with Crippen LogP contribution in [-0.4, -0.2) is 54.9 Å². The third-order valence-electron chi connectivity index (χ3n) is 14.2. The quantitative estimate of drug-likeness (QED) is 0.0468. The number of hydroxylamine groups is 1. The number of rotatable bonds is 11. The Morgan fingerprint density at radius 1 is 0.436 bits per heavy atom. The molecule has 0 bridgehead atoms. The lowest BCUT2D eigenvalue weighted by atomic mass is 9.93. The molecule has 15 heteroatoms. The Bertz CT molecular complexity index is 3370. The van der Waals surface area contributed by atoms with Gasteiger partial charge in [0.25, 0.3) is 17.7 Å². The number of anilines is 7. The molecule has 0 radical (unpaired) electrons. The maximum absolute atomic E-state index is 13.5. The first-order chi connectivity index (χ1) is 37.6. The minimum Gasteiger partial charge on any atom is -0.465 e. The second kappa shape index (κ2) is 22.2. The van der Waals surface area contributed by atoms with Gasteiger partial charge in [0, 0.05) is 51.5 Å². The number of carbonyl (C=O) groups is 6. The summed E-state index contributed by atoms with van der Waals surface area (Å²) in [5.41, 5.74) is 9.65. The number of amides is 3. The average molecular weight is 1040 g/mol. The van der Waals surface area contributed by atoms with Crippen LogP contribution in [0.25, 0.3) is 0 Å². The third-order valence-corrected chi connectivity index (χ3v) is 14.2. The monoisotopic (exact) mass is 1040 g/mol. The second-order valence-electron chi connectivity index (χ2n) is 19.1. The largest absolute Gasteiger partial charge is 0.465 e. The number of para-hydroxylation sites is 4. The number of carbonyl (C=O) groups excluding carboxylic acids is 6. The van der Waals surface area contributed by atoms with Crippen LogP contribution in [0.1, 0.15) is 74.1 Å². The molecule has 8 aromatic rings. The zero-order chi connectivity index (χ0) is 55.2. The van der Waals surface area contributed by atoms with E-state index in [1.165, 1.54) is 14.2 Å². The van der Waals surface area contributed by atoms with Gasteiger partial charge >= 0.3 is 11.9 Å². The summed E-state index contributed by atoms with van der Waals surface area (Å²) in [5.74, 6) is -1.36. The molecule has 0 spiro atoms. The van der Waals surface area contributed by atoms with Crippen molar-refractivity contribution in [1.82, 2.24) is 5.48 Å². The molecule has 2 heterocycles. The fourth-order valence-electron chi connectivity index (χ4n) is 10.0. The highest BCUT2D eigenvalue weighted by Crippen LogP contribution is 2.47. The molecule has 0 aromatic heterocycles. The van der Waals surface area contributed by atoms with Crippen LogP contribution in [0, 0.1) is 0 Å². The predicted octanol–water partition coefficient (Wildman–Crippen LogP) is 11.2. The Labute approximate surface area is 451 Å². The lowest BCUT2D eigenvalue weighted by Crippen LogP contribution is -2.42. The van der Waals surface area contributed by atoms with E-state index in [1.54, 1.807) is 88.1 Å². The summed E-state index contributed by atoms with van der Waals surface area (Å²) in [6, 6.07) is 62.9. The van der Waals surface area contributed by atoms with Crippen molar-refractivity contribution in [2.24, 2.45) is 0 Å². The summed E-state index contributed by atoms with van der Waals surface area (Å²) in [5, 5.41) is 18.7. The minimum atomic E-state index is -0.965. The number of benzene rings is 8. The van der Waals surface area contributed by atoms with Crippen molar-refractivity contribution in [1.29, 1.82) is 0 Å². The van der Waals surface area contributed by atoms with E-state index in [-0.39, 0.29) is 23.6 Å². The molecule has 2 aliphatic heterocycles. The van der Waals surface area contributed by atoms with E-state index in [2.05, 4.69) is 20.7 Å². The molecule has 78 heavy (non-hydrogen) atoms. The first kappa shape index (κ1) is 53.0. The summed E-state index contributed by atoms with van der Waals surface area (Å²) in [4.78, 5) is 77.5. The van der Waals surface area contributed by atoms with Crippen LogP contribution in [0.4, 0.5) is 39.8 Å². The Kier molecular flexibility index (Phi) is 15.0. The molecule has 392 valence electrons. The van der Waals surface area contributed by atoms with Gasteiger partial charge in [-0.3, -0.25) is 34.2 Å². The van der Waals surface area contributed by atoms with E-state index in [0.717, 1.165) is 56.4 Å². The highest BCUT2D eigenvalue weighted by molar-refractivity contribution is 6.15. The number of ether oxygens (including phenoxy) is 2. The van der Waals surface area contributed by atoms with Crippen molar-refractivity contribution in [3.8, 4) is 0 Å². The highest BCUT2D eigenvalue weighted by Gasteiger charge is 2.49. The number of fused-ring (bicyclic) bond motifs is 3. The van der Waals surface area contributed by atoms with E-state index < -0.39 is 28.5 Å². The molecule has 5 N–H and O–H groups in total. The van der Waals surface area contributed by atoms with Gasteiger partial charge in [0.15, 0.2) is 5.78 Å². The zero-order valence-electron chi connectivity index (χ0n) is 43.4. The lowest BCUT2D eigenvalue weighted by Gasteiger charge is -2.27. The Morgan fingerprint density at radius 2 is 0.782 bits per heavy atom. The molecule has 1 aliphatic carbocycles. The van der Waals surface area contributed by atoms with Gasteiger partial charge in [0.1, 0.15) is 16.6 Å². The first-order valence-corrected chi connectivity index (χ1v) is 25.0. The Morgan fingerprint density at radius 3 is 1.18 bits per heavy atom. The molecule has 0 saturated heterocycles. The molecule has 0 saturated carbocycles. The molecular weight excluding hydrogens is 985 g/mol. The molecule has 0 fully saturated rings. The molecule has 8 aromatic carbocycles. The molecular formula is C63H56N6O9. The number of methoxy groups -OCH3 is 2. The fraction of sp³-hybridized carbons (Fsp3) is 0.143. The van der Waals surface area contributed by atoms with Crippen LogP contribution in [0.3, 0.4) is 0 Å². The number of nitrogens with one attached hydrogen (secondary N) is 4. The van der Waals surface area contributed by atoms with Crippen molar-refractivity contribution in [2.45, 2.75) is 43.8 Å². The van der Waals surface area contributed by atoms with E-state index in [4.69, 9.17) is 9.94 Å². The van der Waals surface area contributed by atoms with Crippen LogP contribution in [0.15, 0.2) is 206 Å². The number of esters is 2. The van der Waals surface area contributed by atoms with Gasteiger partial charge in [-0.25, -0.2) is 15.1 Å². The van der Waals surface area contributed by atoms with Gasteiger partial charge in [-0.1, -0.05) is 97.1 Å². The number of nitrogens with zero attached hydrogens (tertiary/aromatic N) is 2. The summed E-state index contributed by atoms with van der Waals surface area (Å²) >= 11 is 0. The van der Waals surface area contributed by atoms with Crippen molar-refractivity contribution in [2.75, 3.05) is 40.0 Å². The van der Waals surface area contributed by atoms with Crippen LogP contribution >= 0.6 is 0 Å².